The summed E-state index contributed by atoms with van der Waals surface area (Å²) < 4.78 is 5.49. The number of benzene rings is 2. The minimum absolute atomic E-state index is 0.00870. The van der Waals surface area contributed by atoms with E-state index in [2.05, 4.69) is 5.32 Å². The number of ether oxygens (including phenoxy) is 1. The fourth-order valence-electron chi connectivity index (χ4n) is 4.24. The predicted molar refractivity (Wildman–Crippen MR) is 124 cm³/mol. The van der Waals surface area contributed by atoms with Crippen LogP contribution >= 0.6 is 0 Å². The van der Waals surface area contributed by atoms with E-state index in [4.69, 9.17) is 14.9 Å². The van der Waals surface area contributed by atoms with Gasteiger partial charge in [-0.3, -0.25) is 9.59 Å². The number of nitrogens with one attached hydrogen (secondary N) is 1. The number of carboxylic acid groups (broad SMARTS) is 1. The molecule has 1 unspecified atom stereocenters. The van der Waals surface area contributed by atoms with Gasteiger partial charge in [0.05, 0.1) is 6.61 Å². The summed E-state index contributed by atoms with van der Waals surface area (Å²) in [7, 11) is 0. The Labute approximate surface area is 198 Å². The molecule has 0 heterocycles. The number of carboxylic acids is 1. The molecule has 0 bridgehead atoms. The number of hydrogen-bond acceptors (Lipinski definition) is 6. The van der Waals surface area contributed by atoms with E-state index in [0.717, 1.165) is 22.3 Å². The van der Waals surface area contributed by atoms with Crippen LogP contribution < -0.4 is 5.32 Å². The molecule has 0 aromatic heterocycles. The number of aliphatic hydroxyl groups is 2. The Balaban J connectivity index is 1.68. The maximum Gasteiger partial charge on any atom is 0.407 e. The highest BCUT2D eigenvalue weighted by Crippen LogP contribution is 2.44. The van der Waals surface area contributed by atoms with E-state index in [0.29, 0.717) is 6.42 Å². The second-order valence-electron chi connectivity index (χ2n) is 8.08. The molecule has 1 aliphatic carbocycles. The summed E-state index contributed by atoms with van der Waals surface area (Å²) in [5.41, 5.74) is 4.27. The van der Waals surface area contributed by atoms with Crippen LogP contribution in [0.3, 0.4) is 0 Å². The summed E-state index contributed by atoms with van der Waals surface area (Å²) in [5, 5.41) is 29.9. The summed E-state index contributed by atoms with van der Waals surface area (Å²) in [5.74, 6) is -1.78. The lowest BCUT2D eigenvalue weighted by atomic mass is 9.98. The normalized spacial score (nSPS) is 13.0. The molecule has 182 valence electrons. The van der Waals surface area contributed by atoms with E-state index in [1.165, 1.54) is 4.90 Å². The highest BCUT2D eigenvalue weighted by Gasteiger charge is 2.30. The van der Waals surface area contributed by atoms with Crippen molar-refractivity contribution in [2.24, 2.45) is 0 Å². The zero-order chi connectivity index (χ0) is 24.5. The van der Waals surface area contributed by atoms with Crippen molar-refractivity contribution in [1.82, 2.24) is 10.2 Å². The number of aliphatic hydroxyl groups excluding tert-OH is 2. The summed E-state index contributed by atoms with van der Waals surface area (Å²) in [6, 6.07) is 14.7. The number of nitrogens with zero attached hydrogens (tertiary/aromatic N) is 1. The van der Waals surface area contributed by atoms with Crippen LogP contribution in [0.25, 0.3) is 11.1 Å². The molecule has 2 aromatic carbocycles. The van der Waals surface area contributed by atoms with Gasteiger partial charge >= 0.3 is 12.1 Å². The van der Waals surface area contributed by atoms with E-state index in [-0.39, 0.29) is 51.7 Å². The van der Waals surface area contributed by atoms with Gasteiger partial charge in [-0.05, 0) is 35.1 Å². The van der Waals surface area contributed by atoms with Gasteiger partial charge in [0.25, 0.3) is 0 Å². The number of alkyl carbamates (subject to hydrolysis) is 1. The van der Waals surface area contributed by atoms with Crippen LogP contribution in [0, 0.1) is 0 Å². The summed E-state index contributed by atoms with van der Waals surface area (Å²) in [6.07, 6.45) is -0.980. The lowest BCUT2D eigenvalue weighted by Crippen LogP contribution is -2.50. The van der Waals surface area contributed by atoms with Gasteiger partial charge in [0.2, 0.25) is 5.91 Å². The Morgan fingerprint density at radius 1 is 0.941 bits per heavy atom. The van der Waals surface area contributed by atoms with Gasteiger partial charge in [-0.25, -0.2) is 4.79 Å². The second-order valence-corrected chi connectivity index (χ2v) is 8.08. The molecular formula is C25H30N2O7. The molecule has 0 fully saturated rings. The van der Waals surface area contributed by atoms with Gasteiger partial charge in [-0.15, -0.1) is 0 Å². The zero-order valence-corrected chi connectivity index (χ0v) is 18.9. The first-order chi connectivity index (χ1) is 16.5. The topological polar surface area (TPSA) is 136 Å². The van der Waals surface area contributed by atoms with Crippen LogP contribution in [0.2, 0.25) is 0 Å². The van der Waals surface area contributed by atoms with Gasteiger partial charge in [0, 0.05) is 32.0 Å². The molecule has 0 radical (unpaired) electrons. The van der Waals surface area contributed by atoms with E-state index in [9.17, 15) is 19.5 Å². The van der Waals surface area contributed by atoms with Crippen molar-refractivity contribution >= 4 is 18.0 Å². The third-order valence-electron chi connectivity index (χ3n) is 5.85. The van der Waals surface area contributed by atoms with Crippen molar-refractivity contribution in [1.29, 1.82) is 0 Å². The largest absolute Gasteiger partial charge is 0.481 e. The maximum atomic E-state index is 12.9. The quantitative estimate of drug-likeness (QED) is 0.372. The van der Waals surface area contributed by atoms with Crippen molar-refractivity contribution in [2.45, 2.75) is 31.2 Å². The summed E-state index contributed by atoms with van der Waals surface area (Å²) in [4.78, 5) is 38.0. The van der Waals surface area contributed by atoms with Crippen LogP contribution in [0.1, 0.15) is 36.3 Å². The van der Waals surface area contributed by atoms with Gasteiger partial charge in [-0.1, -0.05) is 48.5 Å². The molecule has 4 N–H and O–H groups in total. The van der Waals surface area contributed by atoms with Crippen LogP contribution in [0.5, 0.6) is 0 Å². The molecule has 2 aromatic rings. The van der Waals surface area contributed by atoms with Crippen LogP contribution in [-0.2, 0) is 14.3 Å². The van der Waals surface area contributed by atoms with Crippen molar-refractivity contribution in [2.75, 3.05) is 32.9 Å². The van der Waals surface area contributed by atoms with E-state index in [1.807, 2.05) is 48.5 Å². The van der Waals surface area contributed by atoms with E-state index >= 15 is 0 Å². The Morgan fingerprint density at radius 2 is 1.56 bits per heavy atom. The number of fused-ring (bicyclic) bond motifs is 3. The SMILES string of the molecule is O=C(O)CCC(NC(=O)OCC1c2ccccc2-c2ccccc21)C(=O)N(CCO)CCCO. The van der Waals surface area contributed by atoms with Crippen molar-refractivity contribution in [3.63, 3.8) is 0 Å². The summed E-state index contributed by atoms with van der Waals surface area (Å²) in [6.45, 7) is -0.201. The minimum atomic E-state index is -1.13. The Kier molecular flexibility index (Phi) is 9.00. The maximum absolute atomic E-state index is 12.9. The van der Waals surface area contributed by atoms with Crippen molar-refractivity contribution < 1.29 is 34.4 Å². The van der Waals surface area contributed by atoms with Gasteiger partial charge in [-0.2, -0.15) is 0 Å². The lowest BCUT2D eigenvalue weighted by Gasteiger charge is -2.27. The highest BCUT2D eigenvalue weighted by molar-refractivity contribution is 5.86. The average molecular weight is 471 g/mol. The standard InChI is InChI=1S/C25H30N2O7/c28-14-5-12-27(13-15-29)24(32)22(10-11-23(30)31)26-25(33)34-16-21-19-8-3-1-6-17(19)18-7-2-4-9-20(18)21/h1-4,6-9,21-22,28-29H,5,10-16H2,(H,26,33)(H,30,31). The third-order valence-corrected chi connectivity index (χ3v) is 5.85. The van der Waals surface area contributed by atoms with Crippen molar-refractivity contribution in [3.05, 3.63) is 59.7 Å². The fourth-order valence-corrected chi connectivity index (χ4v) is 4.24. The first-order valence-electron chi connectivity index (χ1n) is 11.3. The Morgan fingerprint density at radius 3 is 2.12 bits per heavy atom. The number of aliphatic carboxylic acids is 1. The zero-order valence-electron chi connectivity index (χ0n) is 18.9. The molecule has 0 saturated heterocycles. The number of hydrogen-bond donors (Lipinski definition) is 4. The van der Waals surface area contributed by atoms with Gasteiger partial charge in [0.15, 0.2) is 0 Å². The predicted octanol–water partition coefficient (Wildman–Crippen LogP) is 1.96. The minimum Gasteiger partial charge on any atom is -0.481 e. The molecule has 9 nitrogen and oxygen atoms in total. The molecular weight excluding hydrogens is 440 g/mol. The molecule has 3 rings (SSSR count). The second kappa shape index (κ2) is 12.2. The molecule has 0 saturated carbocycles. The average Bonchev–Trinajstić information content (AvgIpc) is 3.16. The van der Waals surface area contributed by atoms with Crippen molar-refractivity contribution in [3.8, 4) is 11.1 Å². The van der Waals surface area contributed by atoms with Crippen LogP contribution in [0.15, 0.2) is 48.5 Å². The van der Waals surface area contributed by atoms with E-state index in [1.54, 1.807) is 0 Å². The van der Waals surface area contributed by atoms with Gasteiger partial charge in [0.1, 0.15) is 12.6 Å². The Hall–Kier alpha value is -3.43. The highest BCUT2D eigenvalue weighted by atomic mass is 16.5. The summed E-state index contributed by atoms with van der Waals surface area (Å²) >= 11 is 0. The van der Waals surface area contributed by atoms with Crippen LogP contribution in [0.4, 0.5) is 4.79 Å². The molecule has 0 spiro atoms. The molecule has 0 aliphatic heterocycles. The van der Waals surface area contributed by atoms with Crippen LogP contribution in [-0.4, -0.2) is 77.1 Å². The third kappa shape index (κ3) is 6.12. The molecule has 1 aliphatic rings. The number of carbonyl (C=O) groups is 3. The number of rotatable bonds is 12. The smallest absolute Gasteiger partial charge is 0.407 e. The first-order valence-corrected chi connectivity index (χ1v) is 11.3. The fraction of sp³-hybridized carbons (Fsp3) is 0.400. The molecule has 34 heavy (non-hydrogen) atoms. The molecule has 1 atom stereocenters. The lowest BCUT2D eigenvalue weighted by molar-refractivity contribution is -0.138. The van der Waals surface area contributed by atoms with E-state index < -0.39 is 24.0 Å². The number of amides is 2. The monoisotopic (exact) mass is 470 g/mol. The number of carbonyl (C=O) groups excluding carboxylic acids is 2. The first kappa shape index (κ1) is 25.2. The molecule has 2 amide bonds. The molecule has 9 heteroatoms. The van der Waals surface area contributed by atoms with Gasteiger partial charge < -0.3 is 30.3 Å². The Bertz CT molecular complexity index is 965.